The van der Waals surface area contributed by atoms with Gasteiger partial charge in [-0.3, -0.25) is 9.59 Å². The van der Waals surface area contributed by atoms with Crippen molar-refractivity contribution in [3.8, 4) is 0 Å². The molecule has 1 rings (SSSR count). The van der Waals surface area contributed by atoms with Gasteiger partial charge in [0.15, 0.2) is 6.61 Å². The van der Waals surface area contributed by atoms with Crippen molar-refractivity contribution in [3.05, 3.63) is 29.8 Å². The first-order valence-corrected chi connectivity index (χ1v) is 8.47. The lowest BCUT2D eigenvalue weighted by Crippen LogP contribution is -2.29. The number of amides is 3. The minimum absolute atomic E-state index is 0.243. The van der Waals surface area contributed by atoms with Gasteiger partial charge in [-0.25, -0.2) is 4.79 Å². The summed E-state index contributed by atoms with van der Waals surface area (Å²) in [6, 6.07) is 7.02. The molecule has 0 aromatic heterocycles. The van der Waals surface area contributed by atoms with Crippen molar-refractivity contribution in [1.82, 2.24) is 5.32 Å². The molecule has 7 heteroatoms. The smallest absolute Gasteiger partial charge is 0.312 e. The van der Waals surface area contributed by atoms with Gasteiger partial charge in [-0.15, -0.1) is 0 Å². The van der Waals surface area contributed by atoms with Crippen molar-refractivity contribution in [1.29, 1.82) is 0 Å². The average Bonchev–Trinajstić information content (AvgIpc) is 2.56. The van der Waals surface area contributed by atoms with E-state index in [1.54, 1.807) is 0 Å². The van der Waals surface area contributed by atoms with Gasteiger partial charge in [-0.1, -0.05) is 32.4 Å². The number of nitrogens with two attached hydrogens (primary N) is 1. The van der Waals surface area contributed by atoms with E-state index in [0.717, 1.165) is 12.8 Å². The fourth-order valence-electron chi connectivity index (χ4n) is 2.15. The molecule has 1 aromatic carbocycles. The summed E-state index contributed by atoms with van der Waals surface area (Å²) >= 11 is 0. The Morgan fingerprint density at radius 3 is 2.36 bits per heavy atom. The molecule has 0 saturated carbocycles. The summed E-state index contributed by atoms with van der Waals surface area (Å²) in [5.41, 5.74) is 6.80. The fourth-order valence-corrected chi connectivity index (χ4v) is 2.15. The number of benzene rings is 1. The fraction of sp³-hybridized carbons (Fsp3) is 0.500. The van der Waals surface area contributed by atoms with Crippen LogP contribution in [0.1, 0.15) is 51.0 Å². The van der Waals surface area contributed by atoms with E-state index in [4.69, 9.17) is 10.5 Å². The number of nitrogens with one attached hydrogen (secondary N) is 2. The van der Waals surface area contributed by atoms with Gasteiger partial charge >= 0.3 is 12.0 Å². The summed E-state index contributed by atoms with van der Waals surface area (Å²) in [6.07, 6.45) is 2.39. The Hall–Kier alpha value is -2.57. The topological polar surface area (TPSA) is 111 Å². The maximum atomic E-state index is 11.8. The largest absolute Gasteiger partial charge is 0.456 e. The Bertz CT molecular complexity index is 570. The molecule has 3 amide bonds. The van der Waals surface area contributed by atoms with Gasteiger partial charge in [-0.05, 0) is 36.5 Å². The zero-order valence-corrected chi connectivity index (χ0v) is 14.8. The minimum Gasteiger partial charge on any atom is -0.456 e. The number of esters is 1. The summed E-state index contributed by atoms with van der Waals surface area (Å²) in [5, 5.41) is 5.17. The lowest BCUT2D eigenvalue weighted by Gasteiger charge is -2.09. The van der Waals surface area contributed by atoms with Gasteiger partial charge < -0.3 is 21.1 Å². The zero-order chi connectivity index (χ0) is 18.7. The third-order valence-corrected chi connectivity index (χ3v) is 3.58. The van der Waals surface area contributed by atoms with E-state index >= 15 is 0 Å². The third-order valence-electron chi connectivity index (χ3n) is 3.58. The van der Waals surface area contributed by atoms with E-state index in [1.165, 1.54) is 5.56 Å². The molecule has 0 aliphatic heterocycles. The highest BCUT2D eigenvalue weighted by Crippen LogP contribution is 2.17. The molecule has 0 heterocycles. The molecule has 138 valence electrons. The summed E-state index contributed by atoms with van der Waals surface area (Å²) in [5.74, 6) is -0.346. The summed E-state index contributed by atoms with van der Waals surface area (Å²) in [4.78, 5) is 33.8. The van der Waals surface area contributed by atoms with Crippen LogP contribution in [0.25, 0.3) is 0 Å². The number of carbonyl (C=O) groups excluding carboxylic acids is 3. The van der Waals surface area contributed by atoms with Crippen molar-refractivity contribution in [2.75, 3.05) is 18.5 Å². The molecule has 0 radical (unpaired) electrons. The summed E-state index contributed by atoms with van der Waals surface area (Å²) in [7, 11) is 0. The van der Waals surface area contributed by atoms with Gasteiger partial charge in [0.25, 0.3) is 5.91 Å². The number of hydrogen-bond acceptors (Lipinski definition) is 4. The van der Waals surface area contributed by atoms with Crippen molar-refractivity contribution in [3.63, 3.8) is 0 Å². The first-order chi connectivity index (χ1) is 11.9. The predicted octanol–water partition coefficient (Wildman–Crippen LogP) is 2.52. The lowest BCUT2D eigenvalue weighted by atomic mass is 10.0. The molecule has 0 spiro atoms. The van der Waals surface area contributed by atoms with Crippen LogP contribution < -0.4 is 16.4 Å². The van der Waals surface area contributed by atoms with Crippen LogP contribution in [0.4, 0.5) is 10.5 Å². The molecule has 0 fully saturated rings. The second-order valence-electron chi connectivity index (χ2n) is 6.09. The Morgan fingerprint density at radius 1 is 1.08 bits per heavy atom. The Balaban J connectivity index is 2.16. The lowest BCUT2D eigenvalue weighted by molar-refractivity contribution is -0.147. The van der Waals surface area contributed by atoms with Crippen LogP contribution in [0, 0.1) is 0 Å². The van der Waals surface area contributed by atoms with E-state index in [2.05, 4.69) is 24.5 Å². The molecule has 0 saturated heterocycles. The highest BCUT2D eigenvalue weighted by atomic mass is 16.5. The molecule has 7 nitrogen and oxygen atoms in total. The highest BCUT2D eigenvalue weighted by Gasteiger charge is 2.08. The Morgan fingerprint density at radius 2 is 1.76 bits per heavy atom. The first-order valence-electron chi connectivity index (χ1n) is 8.47. The second-order valence-corrected chi connectivity index (χ2v) is 6.09. The number of anilines is 1. The van der Waals surface area contributed by atoms with Gasteiger partial charge in [0.05, 0.1) is 0 Å². The highest BCUT2D eigenvalue weighted by molar-refractivity contribution is 5.92. The molecule has 0 bridgehead atoms. The minimum atomic E-state index is -0.552. The second kappa shape index (κ2) is 11.1. The maximum absolute atomic E-state index is 11.8. The van der Waals surface area contributed by atoms with Gasteiger partial charge in [0.2, 0.25) is 0 Å². The van der Waals surface area contributed by atoms with Gasteiger partial charge in [0, 0.05) is 18.7 Å². The average molecular weight is 349 g/mol. The van der Waals surface area contributed by atoms with Crippen LogP contribution in [0.2, 0.25) is 0 Å². The number of carbonyl (C=O) groups is 3. The Kier molecular flexibility index (Phi) is 9.06. The number of urea groups is 1. The SMILES string of the molecule is CC(C)c1ccc(NC(=O)COC(=O)CCCCCNC(N)=O)cc1. The standard InChI is InChI=1S/C18H27N3O4/c1-13(2)14-7-9-15(10-8-14)21-16(22)12-25-17(23)6-4-3-5-11-20-18(19)24/h7-10,13H,3-6,11-12H2,1-2H3,(H,21,22)(H3,19,20,24). The first kappa shape index (κ1) is 20.5. The van der Waals surface area contributed by atoms with E-state index in [0.29, 0.717) is 24.6 Å². The van der Waals surface area contributed by atoms with Crippen LogP contribution in [-0.2, 0) is 14.3 Å². The van der Waals surface area contributed by atoms with Crippen LogP contribution in [0.3, 0.4) is 0 Å². The number of rotatable bonds is 10. The maximum Gasteiger partial charge on any atom is 0.312 e. The van der Waals surface area contributed by atoms with E-state index in [-0.39, 0.29) is 18.9 Å². The van der Waals surface area contributed by atoms with Gasteiger partial charge in [0.1, 0.15) is 0 Å². The van der Waals surface area contributed by atoms with Crippen molar-refractivity contribution in [2.45, 2.75) is 45.4 Å². The predicted molar refractivity (Wildman–Crippen MR) is 96.2 cm³/mol. The quantitative estimate of drug-likeness (QED) is 0.445. The Labute approximate surface area is 148 Å². The molecule has 4 N–H and O–H groups in total. The van der Waals surface area contributed by atoms with Gasteiger partial charge in [-0.2, -0.15) is 0 Å². The molecule has 0 atom stereocenters. The number of unbranched alkanes of at least 4 members (excludes halogenated alkanes) is 2. The van der Waals surface area contributed by atoms with Crippen molar-refractivity contribution >= 4 is 23.6 Å². The monoisotopic (exact) mass is 349 g/mol. The van der Waals surface area contributed by atoms with Crippen molar-refractivity contribution < 1.29 is 19.1 Å². The summed E-state index contributed by atoms with van der Waals surface area (Å²) < 4.78 is 4.94. The summed E-state index contributed by atoms with van der Waals surface area (Å²) in [6.45, 7) is 4.39. The molecule has 0 unspecified atom stereocenters. The zero-order valence-electron chi connectivity index (χ0n) is 14.8. The molecule has 25 heavy (non-hydrogen) atoms. The van der Waals surface area contributed by atoms with Crippen molar-refractivity contribution in [2.24, 2.45) is 5.73 Å². The van der Waals surface area contributed by atoms with E-state index in [9.17, 15) is 14.4 Å². The molecule has 0 aliphatic carbocycles. The molecular formula is C18H27N3O4. The molecular weight excluding hydrogens is 322 g/mol. The molecule has 1 aromatic rings. The molecule has 0 aliphatic rings. The van der Waals surface area contributed by atoms with Crippen LogP contribution in [0.5, 0.6) is 0 Å². The number of ether oxygens (including phenoxy) is 1. The van der Waals surface area contributed by atoms with Crippen LogP contribution >= 0.6 is 0 Å². The van der Waals surface area contributed by atoms with E-state index in [1.807, 2.05) is 24.3 Å². The van der Waals surface area contributed by atoms with Crippen LogP contribution in [0.15, 0.2) is 24.3 Å². The van der Waals surface area contributed by atoms with E-state index < -0.39 is 12.0 Å². The number of hydrogen-bond donors (Lipinski definition) is 3. The van der Waals surface area contributed by atoms with Crippen LogP contribution in [-0.4, -0.2) is 31.1 Å². The third kappa shape index (κ3) is 9.34. The number of primary amides is 1. The normalized spacial score (nSPS) is 10.4.